The third kappa shape index (κ3) is 2.81. The fraction of sp³-hybridized carbons (Fsp3) is 0.308. The SMILES string of the molecule is CN(CCN)C(=O)C=Cc1ccc2c(c1)OCO2. The number of carbonyl (C=O) groups excluding carboxylic acids is 1. The van der Waals surface area contributed by atoms with Gasteiger partial charge < -0.3 is 20.1 Å². The lowest BCUT2D eigenvalue weighted by Crippen LogP contribution is -2.30. The molecule has 0 fully saturated rings. The van der Waals surface area contributed by atoms with Gasteiger partial charge in [0.2, 0.25) is 12.7 Å². The van der Waals surface area contributed by atoms with E-state index in [-0.39, 0.29) is 12.7 Å². The molecule has 0 unspecified atom stereocenters. The molecule has 0 aliphatic carbocycles. The number of fused-ring (bicyclic) bond motifs is 1. The van der Waals surface area contributed by atoms with Crippen LogP contribution in [0.25, 0.3) is 6.08 Å². The summed E-state index contributed by atoms with van der Waals surface area (Å²) in [6.07, 6.45) is 3.27. The van der Waals surface area contributed by atoms with E-state index in [1.165, 1.54) is 6.08 Å². The fourth-order valence-electron chi connectivity index (χ4n) is 1.62. The van der Waals surface area contributed by atoms with Gasteiger partial charge in [-0.2, -0.15) is 0 Å². The molecule has 0 aromatic heterocycles. The van der Waals surface area contributed by atoms with Crippen molar-refractivity contribution in [3.8, 4) is 11.5 Å². The smallest absolute Gasteiger partial charge is 0.246 e. The standard InChI is InChI=1S/C13H16N2O3/c1-15(7-6-14)13(16)5-3-10-2-4-11-12(8-10)18-9-17-11/h2-5,8H,6-7,9,14H2,1H3. The van der Waals surface area contributed by atoms with E-state index in [2.05, 4.69) is 0 Å². The highest BCUT2D eigenvalue weighted by molar-refractivity contribution is 5.91. The molecule has 1 aliphatic rings. The molecule has 5 heteroatoms. The van der Waals surface area contributed by atoms with Crippen molar-refractivity contribution >= 4 is 12.0 Å². The highest BCUT2D eigenvalue weighted by Gasteiger charge is 2.12. The number of rotatable bonds is 4. The molecule has 0 radical (unpaired) electrons. The van der Waals surface area contributed by atoms with Gasteiger partial charge in [-0.1, -0.05) is 6.07 Å². The van der Waals surface area contributed by atoms with Gasteiger partial charge in [-0.15, -0.1) is 0 Å². The average molecular weight is 248 g/mol. The Bertz CT molecular complexity index is 471. The number of likely N-dealkylation sites (N-methyl/N-ethyl adjacent to an activating group) is 1. The zero-order valence-electron chi connectivity index (χ0n) is 10.3. The fourth-order valence-corrected chi connectivity index (χ4v) is 1.62. The Morgan fingerprint density at radius 2 is 2.22 bits per heavy atom. The molecule has 0 spiro atoms. The van der Waals surface area contributed by atoms with Crippen LogP contribution in [0.15, 0.2) is 24.3 Å². The first-order valence-corrected chi connectivity index (χ1v) is 5.73. The second kappa shape index (κ2) is 5.55. The van der Waals surface area contributed by atoms with Gasteiger partial charge in [-0.05, 0) is 23.8 Å². The zero-order chi connectivity index (χ0) is 13.0. The monoisotopic (exact) mass is 248 g/mol. The first-order chi connectivity index (χ1) is 8.70. The van der Waals surface area contributed by atoms with Crippen LogP contribution in [0, 0.1) is 0 Å². The molecule has 96 valence electrons. The first kappa shape index (κ1) is 12.4. The van der Waals surface area contributed by atoms with Crippen molar-refractivity contribution in [2.75, 3.05) is 26.9 Å². The molecule has 18 heavy (non-hydrogen) atoms. The van der Waals surface area contributed by atoms with Crippen molar-refractivity contribution in [3.63, 3.8) is 0 Å². The van der Waals surface area contributed by atoms with Crippen molar-refractivity contribution in [2.45, 2.75) is 0 Å². The van der Waals surface area contributed by atoms with Crippen LogP contribution in [-0.4, -0.2) is 37.7 Å². The van der Waals surface area contributed by atoms with Gasteiger partial charge in [0.15, 0.2) is 11.5 Å². The Balaban J connectivity index is 2.03. The summed E-state index contributed by atoms with van der Waals surface area (Å²) in [4.78, 5) is 13.2. The van der Waals surface area contributed by atoms with Gasteiger partial charge in [-0.3, -0.25) is 4.79 Å². The quantitative estimate of drug-likeness (QED) is 0.802. The summed E-state index contributed by atoms with van der Waals surface area (Å²) in [6, 6.07) is 5.55. The summed E-state index contributed by atoms with van der Waals surface area (Å²) < 4.78 is 10.5. The van der Waals surface area contributed by atoms with Gasteiger partial charge in [-0.25, -0.2) is 0 Å². The molecule has 0 atom stereocenters. The van der Waals surface area contributed by atoms with E-state index in [9.17, 15) is 4.79 Å². The molecule has 0 saturated heterocycles. The van der Waals surface area contributed by atoms with Crippen LogP contribution in [0.1, 0.15) is 5.56 Å². The number of carbonyl (C=O) groups is 1. The number of nitrogens with two attached hydrogens (primary N) is 1. The largest absolute Gasteiger partial charge is 0.454 e. The second-order valence-corrected chi connectivity index (χ2v) is 3.99. The molecule has 1 aromatic carbocycles. The van der Waals surface area contributed by atoms with Crippen molar-refractivity contribution in [2.24, 2.45) is 5.73 Å². The molecule has 5 nitrogen and oxygen atoms in total. The van der Waals surface area contributed by atoms with Crippen LogP contribution in [-0.2, 0) is 4.79 Å². The van der Waals surface area contributed by atoms with E-state index in [1.807, 2.05) is 18.2 Å². The third-order valence-corrected chi connectivity index (χ3v) is 2.66. The van der Waals surface area contributed by atoms with Crippen LogP contribution >= 0.6 is 0 Å². The highest BCUT2D eigenvalue weighted by Crippen LogP contribution is 2.32. The number of nitrogens with zero attached hydrogens (tertiary/aromatic N) is 1. The van der Waals surface area contributed by atoms with E-state index < -0.39 is 0 Å². The summed E-state index contributed by atoms with van der Waals surface area (Å²) in [6.45, 7) is 1.26. The minimum absolute atomic E-state index is 0.0712. The lowest BCUT2D eigenvalue weighted by molar-refractivity contribution is -0.124. The molecule has 1 amide bonds. The molecule has 1 aliphatic heterocycles. The van der Waals surface area contributed by atoms with Crippen LogP contribution in [0.4, 0.5) is 0 Å². The third-order valence-electron chi connectivity index (χ3n) is 2.66. The predicted molar refractivity (Wildman–Crippen MR) is 68.3 cm³/mol. The Labute approximate surface area is 106 Å². The minimum atomic E-state index is -0.0712. The van der Waals surface area contributed by atoms with Crippen LogP contribution in [0.3, 0.4) is 0 Å². The molecule has 2 N–H and O–H groups in total. The van der Waals surface area contributed by atoms with Crippen LogP contribution < -0.4 is 15.2 Å². The minimum Gasteiger partial charge on any atom is -0.454 e. The number of ether oxygens (including phenoxy) is 2. The lowest BCUT2D eigenvalue weighted by Gasteiger charge is -2.12. The number of benzene rings is 1. The molecule has 2 rings (SSSR count). The predicted octanol–water partition coefficient (Wildman–Crippen LogP) is 0.846. The Morgan fingerprint density at radius 3 is 3.00 bits per heavy atom. The maximum Gasteiger partial charge on any atom is 0.246 e. The van der Waals surface area contributed by atoms with Crippen molar-refractivity contribution in [1.82, 2.24) is 4.90 Å². The maximum atomic E-state index is 11.7. The Morgan fingerprint density at radius 1 is 1.44 bits per heavy atom. The topological polar surface area (TPSA) is 64.8 Å². The van der Waals surface area contributed by atoms with E-state index in [0.29, 0.717) is 18.8 Å². The Hall–Kier alpha value is -2.01. The van der Waals surface area contributed by atoms with Crippen LogP contribution in [0.5, 0.6) is 11.5 Å². The van der Waals surface area contributed by atoms with E-state index in [1.54, 1.807) is 18.0 Å². The Kier molecular flexibility index (Phi) is 3.84. The molecular weight excluding hydrogens is 232 g/mol. The van der Waals surface area contributed by atoms with E-state index in [0.717, 1.165) is 11.3 Å². The van der Waals surface area contributed by atoms with Crippen molar-refractivity contribution in [1.29, 1.82) is 0 Å². The summed E-state index contributed by atoms with van der Waals surface area (Å²) in [5.74, 6) is 1.37. The van der Waals surface area contributed by atoms with Gasteiger partial charge >= 0.3 is 0 Å². The molecule has 0 saturated carbocycles. The molecule has 0 bridgehead atoms. The zero-order valence-corrected chi connectivity index (χ0v) is 10.3. The normalized spacial score (nSPS) is 13.0. The highest BCUT2D eigenvalue weighted by atomic mass is 16.7. The first-order valence-electron chi connectivity index (χ1n) is 5.73. The summed E-state index contributed by atoms with van der Waals surface area (Å²) >= 11 is 0. The van der Waals surface area contributed by atoms with Gasteiger partial charge in [0.25, 0.3) is 0 Å². The number of hydrogen-bond donors (Lipinski definition) is 1. The lowest BCUT2D eigenvalue weighted by atomic mass is 10.2. The van der Waals surface area contributed by atoms with Gasteiger partial charge in [0.1, 0.15) is 0 Å². The summed E-state index contributed by atoms with van der Waals surface area (Å²) in [5.41, 5.74) is 6.28. The second-order valence-electron chi connectivity index (χ2n) is 3.99. The maximum absolute atomic E-state index is 11.7. The molecule has 1 heterocycles. The number of amides is 1. The van der Waals surface area contributed by atoms with Gasteiger partial charge in [0.05, 0.1) is 0 Å². The van der Waals surface area contributed by atoms with Crippen LogP contribution in [0.2, 0.25) is 0 Å². The van der Waals surface area contributed by atoms with E-state index >= 15 is 0 Å². The molecule has 1 aromatic rings. The average Bonchev–Trinajstić information content (AvgIpc) is 2.83. The number of hydrogen-bond acceptors (Lipinski definition) is 4. The summed E-state index contributed by atoms with van der Waals surface area (Å²) in [5, 5.41) is 0. The van der Waals surface area contributed by atoms with Crippen molar-refractivity contribution in [3.05, 3.63) is 29.8 Å². The molecular formula is C13H16N2O3. The van der Waals surface area contributed by atoms with E-state index in [4.69, 9.17) is 15.2 Å². The van der Waals surface area contributed by atoms with Gasteiger partial charge in [0, 0.05) is 26.2 Å². The summed E-state index contributed by atoms with van der Waals surface area (Å²) in [7, 11) is 1.72. The van der Waals surface area contributed by atoms with Crippen molar-refractivity contribution < 1.29 is 14.3 Å².